The predicted molar refractivity (Wildman–Crippen MR) is 61.2 cm³/mol. The standard InChI is InChI=1S/C12H18OS/c1-12(2,3)11-5-4-10(14-11)9-6-7-13-8-9/h4-5,9H,6-8H2,1-3H3. The Morgan fingerprint density at radius 1 is 1.36 bits per heavy atom. The maximum atomic E-state index is 5.41. The van der Waals surface area contributed by atoms with E-state index in [2.05, 4.69) is 32.9 Å². The van der Waals surface area contributed by atoms with Gasteiger partial charge in [-0.15, -0.1) is 11.3 Å². The fraction of sp³-hybridized carbons (Fsp3) is 0.667. The quantitative estimate of drug-likeness (QED) is 0.689. The minimum Gasteiger partial charge on any atom is -0.381 e. The predicted octanol–water partition coefficient (Wildman–Crippen LogP) is 3.55. The zero-order valence-electron chi connectivity index (χ0n) is 9.17. The van der Waals surface area contributed by atoms with Gasteiger partial charge in [-0.25, -0.2) is 0 Å². The zero-order chi connectivity index (χ0) is 10.2. The summed E-state index contributed by atoms with van der Waals surface area (Å²) in [5, 5.41) is 0. The van der Waals surface area contributed by atoms with Crippen LogP contribution in [0, 0.1) is 0 Å². The van der Waals surface area contributed by atoms with Gasteiger partial charge >= 0.3 is 0 Å². The van der Waals surface area contributed by atoms with Crippen LogP contribution in [-0.2, 0) is 10.2 Å². The highest BCUT2D eigenvalue weighted by Crippen LogP contribution is 2.35. The van der Waals surface area contributed by atoms with E-state index in [4.69, 9.17) is 4.74 Å². The Labute approximate surface area is 90.1 Å². The van der Waals surface area contributed by atoms with Gasteiger partial charge in [0.25, 0.3) is 0 Å². The van der Waals surface area contributed by atoms with Crippen molar-refractivity contribution in [3.63, 3.8) is 0 Å². The van der Waals surface area contributed by atoms with Gasteiger partial charge in [-0.05, 0) is 24.0 Å². The molecule has 1 atom stereocenters. The van der Waals surface area contributed by atoms with Crippen LogP contribution in [0.2, 0.25) is 0 Å². The fourth-order valence-corrected chi connectivity index (χ4v) is 2.92. The molecular weight excluding hydrogens is 192 g/mol. The number of ether oxygens (including phenoxy) is 1. The molecule has 0 aliphatic carbocycles. The minimum absolute atomic E-state index is 0.294. The lowest BCUT2D eigenvalue weighted by molar-refractivity contribution is 0.194. The summed E-state index contributed by atoms with van der Waals surface area (Å²) in [7, 11) is 0. The van der Waals surface area contributed by atoms with Gasteiger partial charge in [0.2, 0.25) is 0 Å². The zero-order valence-corrected chi connectivity index (χ0v) is 9.99. The minimum atomic E-state index is 0.294. The van der Waals surface area contributed by atoms with E-state index in [1.807, 2.05) is 11.3 Å². The van der Waals surface area contributed by atoms with Gasteiger partial charge in [0.1, 0.15) is 0 Å². The summed E-state index contributed by atoms with van der Waals surface area (Å²) in [6.07, 6.45) is 1.20. The highest BCUT2D eigenvalue weighted by molar-refractivity contribution is 7.12. The van der Waals surface area contributed by atoms with Crippen LogP contribution in [0.4, 0.5) is 0 Å². The maximum absolute atomic E-state index is 5.41. The van der Waals surface area contributed by atoms with Crippen molar-refractivity contribution in [2.24, 2.45) is 0 Å². The Morgan fingerprint density at radius 2 is 2.14 bits per heavy atom. The molecule has 1 aromatic heterocycles. The van der Waals surface area contributed by atoms with E-state index in [9.17, 15) is 0 Å². The Balaban J connectivity index is 2.17. The van der Waals surface area contributed by atoms with Crippen molar-refractivity contribution in [2.45, 2.75) is 38.5 Å². The molecule has 1 aromatic rings. The van der Waals surface area contributed by atoms with E-state index in [0.717, 1.165) is 13.2 Å². The smallest absolute Gasteiger partial charge is 0.0543 e. The van der Waals surface area contributed by atoms with Crippen molar-refractivity contribution >= 4 is 11.3 Å². The van der Waals surface area contributed by atoms with Crippen LogP contribution >= 0.6 is 11.3 Å². The van der Waals surface area contributed by atoms with Crippen LogP contribution in [0.25, 0.3) is 0 Å². The van der Waals surface area contributed by atoms with Crippen molar-refractivity contribution in [2.75, 3.05) is 13.2 Å². The molecule has 0 amide bonds. The topological polar surface area (TPSA) is 9.23 Å². The summed E-state index contributed by atoms with van der Waals surface area (Å²) in [6, 6.07) is 4.56. The first-order chi connectivity index (χ1) is 6.57. The van der Waals surface area contributed by atoms with Gasteiger partial charge in [0.15, 0.2) is 0 Å². The summed E-state index contributed by atoms with van der Waals surface area (Å²) in [6.45, 7) is 8.67. The molecule has 1 fully saturated rings. The Morgan fingerprint density at radius 3 is 2.64 bits per heavy atom. The molecule has 1 unspecified atom stereocenters. The Bertz CT molecular complexity index is 302. The van der Waals surface area contributed by atoms with Crippen molar-refractivity contribution in [3.8, 4) is 0 Å². The molecule has 0 radical (unpaired) electrons. The second kappa shape index (κ2) is 3.67. The van der Waals surface area contributed by atoms with Crippen molar-refractivity contribution in [1.82, 2.24) is 0 Å². The Hall–Kier alpha value is -0.340. The summed E-state index contributed by atoms with van der Waals surface area (Å²) >= 11 is 1.96. The molecule has 2 heterocycles. The summed E-state index contributed by atoms with van der Waals surface area (Å²) in [4.78, 5) is 2.99. The van der Waals surface area contributed by atoms with E-state index in [-0.39, 0.29) is 0 Å². The van der Waals surface area contributed by atoms with E-state index >= 15 is 0 Å². The summed E-state index contributed by atoms with van der Waals surface area (Å²) < 4.78 is 5.41. The lowest BCUT2D eigenvalue weighted by Gasteiger charge is -2.15. The fourth-order valence-electron chi connectivity index (χ4n) is 1.73. The molecule has 0 aromatic carbocycles. The third-order valence-corrected chi connectivity index (χ3v) is 4.37. The number of hydrogen-bond donors (Lipinski definition) is 0. The van der Waals surface area contributed by atoms with Crippen LogP contribution in [0.1, 0.15) is 42.9 Å². The molecule has 78 valence electrons. The normalized spacial score (nSPS) is 22.9. The van der Waals surface area contributed by atoms with Gasteiger partial charge < -0.3 is 4.74 Å². The van der Waals surface area contributed by atoms with Crippen molar-refractivity contribution in [1.29, 1.82) is 0 Å². The molecule has 1 saturated heterocycles. The maximum Gasteiger partial charge on any atom is 0.0543 e. The largest absolute Gasteiger partial charge is 0.381 e. The molecule has 14 heavy (non-hydrogen) atoms. The number of rotatable bonds is 1. The van der Waals surface area contributed by atoms with Crippen LogP contribution in [0.3, 0.4) is 0 Å². The second-order valence-corrected chi connectivity index (χ2v) is 6.13. The molecule has 2 heteroatoms. The first kappa shape index (κ1) is 10.2. The lowest BCUT2D eigenvalue weighted by Crippen LogP contribution is -2.07. The van der Waals surface area contributed by atoms with Crippen molar-refractivity contribution in [3.05, 3.63) is 21.9 Å². The third kappa shape index (κ3) is 2.01. The van der Waals surface area contributed by atoms with E-state index < -0.39 is 0 Å². The Kier molecular flexibility index (Phi) is 2.67. The molecule has 0 spiro atoms. The third-order valence-electron chi connectivity index (χ3n) is 2.70. The average Bonchev–Trinajstić information content (AvgIpc) is 2.73. The molecule has 0 bridgehead atoms. The second-order valence-electron chi connectivity index (χ2n) is 5.01. The van der Waals surface area contributed by atoms with Crippen LogP contribution in [0.5, 0.6) is 0 Å². The number of hydrogen-bond acceptors (Lipinski definition) is 2. The average molecular weight is 210 g/mol. The molecule has 0 saturated carbocycles. The summed E-state index contributed by atoms with van der Waals surface area (Å²) in [5.41, 5.74) is 0.294. The molecule has 1 aliphatic heterocycles. The molecule has 2 rings (SSSR count). The van der Waals surface area contributed by atoms with Gasteiger partial charge in [-0.1, -0.05) is 20.8 Å². The molecule has 0 N–H and O–H groups in total. The van der Waals surface area contributed by atoms with Crippen LogP contribution in [-0.4, -0.2) is 13.2 Å². The van der Waals surface area contributed by atoms with Crippen LogP contribution < -0.4 is 0 Å². The molecule has 1 nitrogen and oxygen atoms in total. The number of thiophene rings is 1. The monoisotopic (exact) mass is 210 g/mol. The van der Waals surface area contributed by atoms with E-state index in [0.29, 0.717) is 11.3 Å². The van der Waals surface area contributed by atoms with Crippen molar-refractivity contribution < 1.29 is 4.74 Å². The molecular formula is C12H18OS. The highest BCUT2D eigenvalue weighted by Gasteiger charge is 2.22. The lowest BCUT2D eigenvalue weighted by atomic mass is 9.95. The van der Waals surface area contributed by atoms with Gasteiger partial charge in [0.05, 0.1) is 6.61 Å². The molecule has 1 aliphatic rings. The van der Waals surface area contributed by atoms with E-state index in [1.165, 1.54) is 16.2 Å². The summed E-state index contributed by atoms with van der Waals surface area (Å²) in [5.74, 6) is 0.663. The SMILES string of the molecule is CC(C)(C)c1ccc(C2CCOC2)s1. The van der Waals surface area contributed by atoms with Gasteiger partial charge in [-0.3, -0.25) is 0 Å². The highest BCUT2D eigenvalue weighted by atomic mass is 32.1. The van der Waals surface area contributed by atoms with Gasteiger partial charge in [0, 0.05) is 22.3 Å². The van der Waals surface area contributed by atoms with Gasteiger partial charge in [-0.2, -0.15) is 0 Å². The first-order valence-electron chi connectivity index (χ1n) is 5.25. The van der Waals surface area contributed by atoms with E-state index in [1.54, 1.807) is 0 Å². The first-order valence-corrected chi connectivity index (χ1v) is 6.07. The van der Waals surface area contributed by atoms with Crippen LogP contribution in [0.15, 0.2) is 12.1 Å².